The Labute approximate surface area is 99.3 Å². The van der Waals surface area contributed by atoms with Crippen LogP contribution in [0.1, 0.15) is 5.56 Å². The molecule has 88 valence electrons. The fraction of sp³-hybridized carbons (Fsp3) is 0.0769. The zero-order valence-corrected chi connectivity index (χ0v) is 9.83. The molecule has 0 radical (unpaired) electrons. The van der Waals surface area contributed by atoms with Gasteiger partial charge in [-0.05, 0) is 16.7 Å². The summed E-state index contributed by atoms with van der Waals surface area (Å²) in [6.45, 7) is 0. The molecule has 0 aliphatic heterocycles. The quantitative estimate of drug-likeness (QED) is 0.721. The van der Waals surface area contributed by atoms with E-state index in [1.807, 2.05) is 30.3 Å². The fourth-order valence-corrected chi connectivity index (χ4v) is 2.73. The summed E-state index contributed by atoms with van der Waals surface area (Å²) in [5, 5.41) is 1.25. The SMILES string of the molecule is FC(F)(F)c1ccccc1Pc1ccccc1. The molecule has 0 heterocycles. The second-order valence-corrected chi connectivity index (χ2v) is 4.90. The van der Waals surface area contributed by atoms with Gasteiger partial charge in [-0.1, -0.05) is 57.1 Å². The van der Waals surface area contributed by atoms with Crippen molar-refractivity contribution < 1.29 is 13.2 Å². The predicted molar refractivity (Wildman–Crippen MR) is 65.5 cm³/mol. The van der Waals surface area contributed by atoms with Gasteiger partial charge in [-0.3, -0.25) is 0 Å². The molecule has 0 aromatic heterocycles. The van der Waals surface area contributed by atoms with Crippen molar-refractivity contribution in [2.24, 2.45) is 0 Å². The van der Waals surface area contributed by atoms with Crippen LogP contribution in [0.25, 0.3) is 0 Å². The minimum atomic E-state index is -4.28. The molecular weight excluding hydrogens is 244 g/mol. The molecule has 0 aliphatic carbocycles. The van der Waals surface area contributed by atoms with E-state index in [0.717, 1.165) is 11.4 Å². The average molecular weight is 254 g/mol. The highest BCUT2D eigenvalue weighted by molar-refractivity contribution is 7.55. The molecular formula is C13H10F3P. The molecule has 0 aliphatic rings. The monoisotopic (exact) mass is 254 g/mol. The van der Waals surface area contributed by atoms with Crippen molar-refractivity contribution in [2.75, 3.05) is 0 Å². The van der Waals surface area contributed by atoms with Gasteiger partial charge in [-0.2, -0.15) is 13.2 Å². The minimum Gasteiger partial charge on any atom is -0.166 e. The molecule has 0 N–H and O–H groups in total. The van der Waals surface area contributed by atoms with E-state index in [1.165, 1.54) is 12.1 Å². The van der Waals surface area contributed by atoms with Crippen LogP contribution < -0.4 is 10.6 Å². The van der Waals surface area contributed by atoms with Crippen LogP contribution in [0.15, 0.2) is 54.6 Å². The van der Waals surface area contributed by atoms with Gasteiger partial charge in [0.25, 0.3) is 0 Å². The third-order valence-corrected chi connectivity index (χ3v) is 3.61. The van der Waals surface area contributed by atoms with Crippen LogP contribution in [0, 0.1) is 0 Å². The zero-order chi connectivity index (χ0) is 12.3. The van der Waals surface area contributed by atoms with Crippen molar-refractivity contribution in [3.8, 4) is 0 Å². The van der Waals surface area contributed by atoms with E-state index in [0.29, 0.717) is 5.30 Å². The molecule has 2 aromatic carbocycles. The molecule has 0 saturated carbocycles. The second-order valence-electron chi connectivity index (χ2n) is 3.53. The summed E-state index contributed by atoms with van der Waals surface area (Å²) in [6.07, 6.45) is -4.28. The van der Waals surface area contributed by atoms with Gasteiger partial charge in [-0.25, -0.2) is 0 Å². The van der Waals surface area contributed by atoms with Crippen molar-refractivity contribution in [1.82, 2.24) is 0 Å². The van der Waals surface area contributed by atoms with Gasteiger partial charge >= 0.3 is 6.18 Å². The fourth-order valence-electron chi connectivity index (χ4n) is 1.52. The van der Waals surface area contributed by atoms with Crippen molar-refractivity contribution >= 4 is 19.2 Å². The first-order valence-corrected chi connectivity index (χ1v) is 6.05. The number of hydrogen-bond acceptors (Lipinski definition) is 0. The van der Waals surface area contributed by atoms with Crippen molar-refractivity contribution in [1.29, 1.82) is 0 Å². The van der Waals surface area contributed by atoms with Gasteiger partial charge in [-0.15, -0.1) is 0 Å². The molecule has 0 saturated heterocycles. The van der Waals surface area contributed by atoms with Gasteiger partial charge in [0.15, 0.2) is 0 Å². The average Bonchev–Trinajstić information content (AvgIpc) is 2.30. The molecule has 2 aromatic rings. The Morgan fingerprint density at radius 2 is 1.35 bits per heavy atom. The van der Waals surface area contributed by atoms with Crippen molar-refractivity contribution in [3.05, 3.63) is 60.2 Å². The standard InChI is InChI=1S/C13H10F3P/c14-13(15,16)11-8-4-5-9-12(11)17-10-6-2-1-3-7-10/h1-9,17H. The van der Waals surface area contributed by atoms with E-state index in [9.17, 15) is 13.2 Å². The molecule has 0 bridgehead atoms. The summed E-state index contributed by atoms with van der Waals surface area (Å²) in [7, 11) is 0.0291. The Bertz CT molecular complexity index is 492. The molecule has 1 atom stereocenters. The Morgan fingerprint density at radius 3 is 2.00 bits per heavy atom. The summed E-state index contributed by atoms with van der Waals surface area (Å²) >= 11 is 0. The van der Waals surface area contributed by atoms with E-state index in [2.05, 4.69) is 0 Å². The van der Waals surface area contributed by atoms with Crippen LogP contribution in [0.4, 0.5) is 13.2 Å². The summed E-state index contributed by atoms with van der Waals surface area (Å²) in [6, 6.07) is 14.9. The lowest BCUT2D eigenvalue weighted by atomic mass is 10.2. The van der Waals surface area contributed by atoms with Crippen LogP contribution in [-0.2, 0) is 6.18 Å². The van der Waals surface area contributed by atoms with E-state index in [1.54, 1.807) is 6.07 Å². The molecule has 1 unspecified atom stereocenters. The maximum atomic E-state index is 12.8. The highest BCUT2D eigenvalue weighted by Crippen LogP contribution is 2.30. The van der Waals surface area contributed by atoms with Crippen LogP contribution >= 0.6 is 8.58 Å². The largest absolute Gasteiger partial charge is 0.417 e. The lowest BCUT2D eigenvalue weighted by Crippen LogP contribution is -2.17. The number of rotatable bonds is 2. The van der Waals surface area contributed by atoms with Crippen LogP contribution in [-0.4, -0.2) is 0 Å². The van der Waals surface area contributed by atoms with Crippen molar-refractivity contribution in [2.45, 2.75) is 6.18 Å². The number of halogens is 3. The second kappa shape index (κ2) is 4.89. The Kier molecular flexibility index (Phi) is 3.49. The smallest absolute Gasteiger partial charge is 0.166 e. The van der Waals surface area contributed by atoms with Crippen LogP contribution in [0.2, 0.25) is 0 Å². The topological polar surface area (TPSA) is 0 Å². The molecule has 2 rings (SSSR count). The van der Waals surface area contributed by atoms with E-state index < -0.39 is 11.7 Å². The maximum Gasteiger partial charge on any atom is 0.417 e. The molecule has 4 heteroatoms. The van der Waals surface area contributed by atoms with Crippen LogP contribution in [0.3, 0.4) is 0 Å². The summed E-state index contributed by atoms with van der Waals surface area (Å²) < 4.78 is 38.3. The number of alkyl halides is 3. The van der Waals surface area contributed by atoms with E-state index >= 15 is 0 Å². The van der Waals surface area contributed by atoms with Crippen LogP contribution in [0.5, 0.6) is 0 Å². The highest BCUT2D eigenvalue weighted by Gasteiger charge is 2.32. The Balaban J connectivity index is 2.34. The molecule has 0 nitrogen and oxygen atoms in total. The summed E-state index contributed by atoms with van der Waals surface area (Å²) in [5.74, 6) is 0. The Morgan fingerprint density at radius 1 is 0.765 bits per heavy atom. The van der Waals surface area contributed by atoms with Gasteiger partial charge in [0.1, 0.15) is 0 Å². The van der Waals surface area contributed by atoms with Crippen molar-refractivity contribution in [3.63, 3.8) is 0 Å². The van der Waals surface area contributed by atoms with E-state index in [4.69, 9.17) is 0 Å². The molecule has 0 spiro atoms. The Hall–Kier alpha value is -1.34. The molecule has 0 amide bonds. The zero-order valence-electron chi connectivity index (χ0n) is 8.83. The molecule has 17 heavy (non-hydrogen) atoms. The lowest BCUT2D eigenvalue weighted by molar-refractivity contribution is -0.136. The van der Waals surface area contributed by atoms with Gasteiger partial charge < -0.3 is 0 Å². The maximum absolute atomic E-state index is 12.8. The number of benzene rings is 2. The third-order valence-electron chi connectivity index (χ3n) is 2.29. The summed E-state index contributed by atoms with van der Waals surface area (Å²) in [5.41, 5.74) is -0.540. The lowest BCUT2D eigenvalue weighted by Gasteiger charge is -2.12. The predicted octanol–water partition coefficient (Wildman–Crippen LogP) is 3.33. The highest BCUT2D eigenvalue weighted by atomic mass is 31.1. The first-order chi connectivity index (χ1) is 8.07. The van der Waals surface area contributed by atoms with Gasteiger partial charge in [0.05, 0.1) is 5.56 Å². The first-order valence-electron chi connectivity index (χ1n) is 5.05. The minimum absolute atomic E-state index is 0.0291. The van der Waals surface area contributed by atoms with E-state index in [-0.39, 0.29) is 8.58 Å². The first kappa shape index (κ1) is 12.1. The normalized spacial score (nSPS) is 12.2. The third kappa shape index (κ3) is 3.07. The number of hydrogen-bond donors (Lipinski definition) is 0. The molecule has 0 fully saturated rings. The van der Waals surface area contributed by atoms with Gasteiger partial charge in [0, 0.05) is 0 Å². The van der Waals surface area contributed by atoms with Gasteiger partial charge in [0.2, 0.25) is 0 Å². The summed E-state index contributed by atoms with van der Waals surface area (Å²) in [4.78, 5) is 0.